The number of hydrogen-bond donors (Lipinski definition) is 2. The van der Waals surface area contributed by atoms with Gasteiger partial charge in [0.05, 0.1) is 0 Å². The Labute approximate surface area is 83.7 Å². The van der Waals surface area contributed by atoms with E-state index in [0.717, 1.165) is 13.0 Å². The molecule has 0 aliphatic carbocycles. The van der Waals surface area contributed by atoms with E-state index in [1.807, 2.05) is 0 Å². The number of aliphatic carboxylic acids is 1. The fraction of sp³-hybridized carbons (Fsp3) is 0.800. The first kappa shape index (κ1) is 11.0. The van der Waals surface area contributed by atoms with Crippen LogP contribution in [0.5, 0.6) is 0 Å². The van der Waals surface area contributed by atoms with Crippen LogP contribution in [0, 0.1) is 11.8 Å². The Morgan fingerprint density at radius 1 is 1.71 bits per heavy atom. The topological polar surface area (TPSA) is 66.4 Å². The molecule has 0 spiro atoms. The molecular weight excluding hydrogens is 182 g/mol. The van der Waals surface area contributed by atoms with Gasteiger partial charge in [-0.15, -0.1) is 0 Å². The average Bonchev–Trinajstić information content (AvgIpc) is 2.53. The molecule has 1 rings (SSSR count). The van der Waals surface area contributed by atoms with E-state index in [2.05, 4.69) is 12.2 Å². The summed E-state index contributed by atoms with van der Waals surface area (Å²) in [7, 11) is 0. The van der Waals surface area contributed by atoms with Gasteiger partial charge in [-0.2, -0.15) is 0 Å². The smallest absolute Gasteiger partial charge is 0.303 e. The van der Waals surface area contributed by atoms with Gasteiger partial charge in [0.1, 0.15) is 0 Å². The second kappa shape index (κ2) is 4.98. The highest BCUT2D eigenvalue weighted by Crippen LogP contribution is 2.26. The summed E-state index contributed by atoms with van der Waals surface area (Å²) in [6.07, 6.45) is 2.42. The molecule has 1 amide bonds. The zero-order chi connectivity index (χ0) is 10.6. The van der Waals surface area contributed by atoms with Crippen LogP contribution in [-0.2, 0) is 9.59 Å². The summed E-state index contributed by atoms with van der Waals surface area (Å²) in [4.78, 5) is 21.4. The third-order valence-corrected chi connectivity index (χ3v) is 2.93. The van der Waals surface area contributed by atoms with Crippen molar-refractivity contribution >= 4 is 11.9 Å². The summed E-state index contributed by atoms with van der Waals surface area (Å²) in [5.74, 6) is 0.0569. The molecule has 1 saturated heterocycles. The van der Waals surface area contributed by atoms with E-state index >= 15 is 0 Å². The van der Waals surface area contributed by atoms with E-state index in [4.69, 9.17) is 5.11 Å². The number of carboxylic acids is 1. The van der Waals surface area contributed by atoms with Gasteiger partial charge in [0.2, 0.25) is 5.91 Å². The third-order valence-electron chi connectivity index (χ3n) is 2.93. The molecule has 1 aliphatic rings. The normalized spacial score (nSPS) is 23.2. The molecule has 80 valence electrons. The van der Waals surface area contributed by atoms with Crippen molar-refractivity contribution in [1.82, 2.24) is 5.32 Å². The summed E-state index contributed by atoms with van der Waals surface area (Å²) >= 11 is 0. The minimum absolute atomic E-state index is 0.101. The predicted molar refractivity (Wildman–Crippen MR) is 51.8 cm³/mol. The maximum absolute atomic E-state index is 11.0. The lowest BCUT2D eigenvalue weighted by Crippen LogP contribution is -2.19. The van der Waals surface area contributed by atoms with Gasteiger partial charge < -0.3 is 10.4 Å². The Morgan fingerprint density at radius 2 is 2.43 bits per heavy atom. The van der Waals surface area contributed by atoms with Crippen molar-refractivity contribution in [1.29, 1.82) is 0 Å². The van der Waals surface area contributed by atoms with Gasteiger partial charge in [-0.3, -0.25) is 9.59 Å². The number of nitrogens with one attached hydrogen (secondary N) is 1. The molecule has 0 saturated carbocycles. The molecule has 4 nitrogen and oxygen atoms in total. The van der Waals surface area contributed by atoms with E-state index in [1.54, 1.807) is 0 Å². The van der Waals surface area contributed by atoms with Gasteiger partial charge in [0, 0.05) is 19.4 Å². The molecule has 0 radical (unpaired) electrons. The summed E-state index contributed by atoms with van der Waals surface area (Å²) in [6.45, 7) is 2.77. The summed E-state index contributed by atoms with van der Waals surface area (Å²) in [5.41, 5.74) is 0. The lowest BCUT2D eigenvalue weighted by Gasteiger charge is -2.19. The first-order valence-corrected chi connectivity index (χ1v) is 5.12. The van der Waals surface area contributed by atoms with Crippen molar-refractivity contribution in [3.05, 3.63) is 0 Å². The van der Waals surface area contributed by atoms with E-state index in [1.165, 1.54) is 0 Å². The fourth-order valence-corrected chi connectivity index (χ4v) is 2.04. The van der Waals surface area contributed by atoms with E-state index < -0.39 is 5.97 Å². The van der Waals surface area contributed by atoms with Crippen molar-refractivity contribution in [2.45, 2.75) is 32.6 Å². The Balaban J connectivity index is 2.37. The molecule has 4 heteroatoms. The van der Waals surface area contributed by atoms with Crippen molar-refractivity contribution in [2.24, 2.45) is 11.8 Å². The molecular formula is C10H17NO3. The molecule has 14 heavy (non-hydrogen) atoms. The number of amides is 1. The van der Waals surface area contributed by atoms with E-state index in [0.29, 0.717) is 24.7 Å². The summed E-state index contributed by atoms with van der Waals surface area (Å²) < 4.78 is 0. The van der Waals surface area contributed by atoms with Gasteiger partial charge in [-0.1, -0.05) is 13.3 Å². The SMILES string of the molecule is CCC(CCC(=O)O)C1CNC(=O)C1. The zero-order valence-corrected chi connectivity index (χ0v) is 8.45. The maximum atomic E-state index is 11.0. The van der Waals surface area contributed by atoms with Crippen molar-refractivity contribution in [3.63, 3.8) is 0 Å². The van der Waals surface area contributed by atoms with E-state index in [9.17, 15) is 9.59 Å². The number of carboxylic acid groups (broad SMARTS) is 1. The largest absolute Gasteiger partial charge is 0.481 e. The molecule has 2 N–H and O–H groups in total. The van der Waals surface area contributed by atoms with Gasteiger partial charge in [-0.05, 0) is 18.3 Å². The van der Waals surface area contributed by atoms with Gasteiger partial charge >= 0.3 is 5.97 Å². The van der Waals surface area contributed by atoms with Crippen molar-refractivity contribution < 1.29 is 14.7 Å². The lowest BCUT2D eigenvalue weighted by atomic mass is 9.85. The fourth-order valence-electron chi connectivity index (χ4n) is 2.04. The number of carbonyl (C=O) groups excluding carboxylic acids is 1. The minimum Gasteiger partial charge on any atom is -0.481 e. The average molecular weight is 199 g/mol. The highest BCUT2D eigenvalue weighted by atomic mass is 16.4. The molecule has 2 unspecified atom stereocenters. The summed E-state index contributed by atoms with van der Waals surface area (Å²) in [5, 5.41) is 11.4. The quantitative estimate of drug-likeness (QED) is 0.694. The lowest BCUT2D eigenvalue weighted by molar-refractivity contribution is -0.137. The number of rotatable bonds is 5. The Morgan fingerprint density at radius 3 is 2.86 bits per heavy atom. The molecule has 1 fully saturated rings. The number of carbonyl (C=O) groups is 2. The van der Waals surface area contributed by atoms with Crippen LogP contribution < -0.4 is 5.32 Å². The van der Waals surface area contributed by atoms with Crippen molar-refractivity contribution in [2.75, 3.05) is 6.54 Å². The Hall–Kier alpha value is -1.06. The second-order valence-corrected chi connectivity index (χ2v) is 3.87. The predicted octanol–water partition coefficient (Wildman–Crippen LogP) is 1.01. The summed E-state index contributed by atoms with van der Waals surface area (Å²) in [6, 6.07) is 0. The molecule has 0 bridgehead atoms. The van der Waals surface area contributed by atoms with Crippen LogP contribution in [0.15, 0.2) is 0 Å². The van der Waals surface area contributed by atoms with Crippen LogP contribution >= 0.6 is 0 Å². The molecule has 2 atom stereocenters. The van der Waals surface area contributed by atoms with Gasteiger partial charge in [0.25, 0.3) is 0 Å². The number of hydrogen-bond acceptors (Lipinski definition) is 2. The van der Waals surface area contributed by atoms with Gasteiger partial charge in [-0.25, -0.2) is 0 Å². The zero-order valence-electron chi connectivity index (χ0n) is 8.45. The van der Waals surface area contributed by atoms with Crippen LogP contribution in [0.2, 0.25) is 0 Å². The Bertz CT molecular complexity index is 227. The van der Waals surface area contributed by atoms with Crippen LogP contribution in [-0.4, -0.2) is 23.5 Å². The van der Waals surface area contributed by atoms with Crippen LogP contribution in [0.25, 0.3) is 0 Å². The molecule has 0 aromatic heterocycles. The molecule has 0 aromatic carbocycles. The maximum Gasteiger partial charge on any atom is 0.303 e. The highest BCUT2D eigenvalue weighted by molar-refractivity contribution is 5.78. The Kier molecular flexibility index (Phi) is 3.92. The monoisotopic (exact) mass is 199 g/mol. The molecule has 1 aliphatic heterocycles. The van der Waals surface area contributed by atoms with Crippen LogP contribution in [0.1, 0.15) is 32.6 Å². The van der Waals surface area contributed by atoms with Crippen LogP contribution in [0.3, 0.4) is 0 Å². The van der Waals surface area contributed by atoms with Crippen LogP contribution in [0.4, 0.5) is 0 Å². The van der Waals surface area contributed by atoms with E-state index in [-0.39, 0.29) is 12.3 Å². The molecule has 1 heterocycles. The second-order valence-electron chi connectivity index (χ2n) is 3.87. The van der Waals surface area contributed by atoms with Gasteiger partial charge in [0.15, 0.2) is 0 Å². The standard InChI is InChI=1S/C10H17NO3/c1-2-7(3-4-10(13)14)8-5-9(12)11-6-8/h7-8H,2-6H2,1H3,(H,11,12)(H,13,14). The highest BCUT2D eigenvalue weighted by Gasteiger charge is 2.28. The first-order chi connectivity index (χ1) is 6.63. The molecule has 0 aromatic rings. The third kappa shape index (κ3) is 3.01. The van der Waals surface area contributed by atoms with Crippen molar-refractivity contribution in [3.8, 4) is 0 Å². The first-order valence-electron chi connectivity index (χ1n) is 5.12. The minimum atomic E-state index is -0.749.